The molecule has 0 spiro atoms. The fourth-order valence-electron chi connectivity index (χ4n) is 5.43. The van der Waals surface area contributed by atoms with E-state index in [1.54, 1.807) is 11.5 Å². The van der Waals surface area contributed by atoms with Crippen LogP contribution in [0.3, 0.4) is 0 Å². The summed E-state index contributed by atoms with van der Waals surface area (Å²) in [4.78, 5) is 43.5. The molecule has 40 heavy (non-hydrogen) atoms. The molecule has 1 aromatic carbocycles. The Labute approximate surface area is 239 Å². The summed E-state index contributed by atoms with van der Waals surface area (Å²) in [5.74, 6) is -1.29. The zero-order valence-electron chi connectivity index (χ0n) is 22.2. The van der Waals surface area contributed by atoms with Crippen LogP contribution < -0.4 is 10.3 Å². The predicted molar refractivity (Wildman–Crippen MR) is 150 cm³/mol. The molecule has 2 aromatic heterocycles. The van der Waals surface area contributed by atoms with Crippen LogP contribution in [0.2, 0.25) is 5.02 Å². The van der Waals surface area contributed by atoms with Gasteiger partial charge < -0.3 is 24.3 Å². The molecule has 1 aliphatic carbocycles. The number of imidazole rings is 1. The van der Waals surface area contributed by atoms with Gasteiger partial charge in [-0.1, -0.05) is 24.9 Å². The van der Waals surface area contributed by atoms with Gasteiger partial charge in [0.2, 0.25) is 5.43 Å². The molecule has 214 valence electrons. The molecule has 3 heterocycles. The molecule has 2 aliphatic rings. The molecule has 0 radical (unpaired) electrons. The Morgan fingerprint density at radius 3 is 2.75 bits per heavy atom. The van der Waals surface area contributed by atoms with Crippen LogP contribution >= 0.6 is 23.2 Å². The maximum absolute atomic E-state index is 15.6. The first-order chi connectivity index (χ1) is 19.1. The van der Waals surface area contributed by atoms with E-state index in [1.165, 1.54) is 16.8 Å². The number of benzene rings is 1. The van der Waals surface area contributed by atoms with Gasteiger partial charge in [-0.25, -0.2) is 18.7 Å². The minimum atomic E-state index is -0.988. The van der Waals surface area contributed by atoms with Crippen molar-refractivity contribution in [1.29, 1.82) is 0 Å². The van der Waals surface area contributed by atoms with Crippen LogP contribution in [0.25, 0.3) is 10.9 Å². The van der Waals surface area contributed by atoms with E-state index in [2.05, 4.69) is 11.9 Å². The Balaban J connectivity index is 1.52. The average molecular weight is 594 g/mol. The smallest absolute Gasteiger partial charge is 0.344 e. The van der Waals surface area contributed by atoms with Crippen LogP contribution in [0, 0.1) is 28.8 Å². The molecule has 1 saturated heterocycles. The fraction of sp³-hybridized carbons (Fsp3) is 0.519. The SMILES string of the molecule is Cc1ncc([N+](=O)[O-])n1CC(CCl)OC(=O)c1cn(C2CC2)c2c(Cl)c(N3CCCC[C@H](C)C3)c(F)cc2c1=O. The number of ether oxygens (including phenoxy) is 1. The third-order valence-corrected chi connectivity index (χ3v) is 8.32. The third kappa shape index (κ3) is 5.41. The topological polar surface area (TPSA) is 112 Å². The second-order valence-corrected chi connectivity index (χ2v) is 11.4. The maximum atomic E-state index is 15.6. The van der Waals surface area contributed by atoms with Crippen molar-refractivity contribution in [3.63, 3.8) is 0 Å². The fourth-order valence-corrected chi connectivity index (χ4v) is 6.00. The van der Waals surface area contributed by atoms with Gasteiger partial charge in [0.1, 0.15) is 24.1 Å². The first-order valence-corrected chi connectivity index (χ1v) is 14.3. The molecule has 1 unspecified atom stereocenters. The third-order valence-electron chi connectivity index (χ3n) is 7.62. The number of carbonyl (C=O) groups excluding carboxylic acids is 1. The number of nitro groups is 1. The number of rotatable bonds is 8. The molecule has 2 atom stereocenters. The molecule has 3 aromatic rings. The lowest BCUT2D eigenvalue weighted by Gasteiger charge is -2.27. The Hall–Kier alpha value is -3.18. The number of carbonyl (C=O) groups is 1. The zero-order valence-corrected chi connectivity index (χ0v) is 23.8. The number of esters is 1. The van der Waals surface area contributed by atoms with Crippen LogP contribution in [0.1, 0.15) is 61.3 Å². The van der Waals surface area contributed by atoms with Crippen molar-refractivity contribution in [2.24, 2.45) is 5.92 Å². The van der Waals surface area contributed by atoms with E-state index in [0.29, 0.717) is 30.3 Å². The van der Waals surface area contributed by atoms with Crippen molar-refractivity contribution in [2.75, 3.05) is 23.9 Å². The van der Waals surface area contributed by atoms with Gasteiger partial charge in [0, 0.05) is 32.3 Å². The van der Waals surface area contributed by atoms with Crippen LogP contribution in [0.4, 0.5) is 15.9 Å². The number of fused-ring (bicyclic) bond motifs is 1. The van der Waals surface area contributed by atoms with Gasteiger partial charge in [-0.05, 0) is 42.6 Å². The van der Waals surface area contributed by atoms with Gasteiger partial charge in [-0.3, -0.25) is 4.79 Å². The molecule has 13 heteroatoms. The lowest BCUT2D eigenvalue weighted by molar-refractivity contribution is -0.392. The monoisotopic (exact) mass is 593 g/mol. The van der Waals surface area contributed by atoms with Crippen molar-refractivity contribution in [1.82, 2.24) is 14.1 Å². The van der Waals surface area contributed by atoms with E-state index in [-0.39, 0.29) is 45.9 Å². The van der Waals surface area contributed by atoms with Crippen LogP contribution in [0.15, 0.2) is 23.3 Å². The highest BCUT2D eigenvalue weighted by molar-refractivity contribution is 6.38. The summed E-state index contributed by atoms with van der Waals surface area (Å²) in [6, 6.07) is 1.18. The van der Waals surface area contributed by atoms with E-state index < -0.39 is 28.2 Å². The van der Waals surface area contributed by atoms with Gasteiger partial charge in [0.25, 0.3) is 0 Å². The van der Waals surface area contributed by atoms with E-state index in [1.807, 2.05) is 4.90 Å². The zero-order chi connectivity index (χ0) is 28.7. The van der Waals surface area contributed by atoms with Crippen LogP contribution in [-0.4, -0.2) is 50.1 Å². The second-order valence-electron chi connectivity index (χ2n) is 10.7. The van der Waals surface area contributed by atoms with Gasteiger partial charge >= 0.3 is 11.8 Å². The molecule has 0 bridgehead atoms. The highest BCUT2D eigenvalue weighted by Gasteiger charge is 2.32. The summed E-state index contributed by atoms with van der Waals surface area (Å²) < 4.78 is 24.2. The summed E-state index contributed by atoms with van der Waals surface area (Å²) in [7, 11) is 0. The lowest BCUT2D eigenvalue weighted by atomic mass is 10.1. The highest BCUT2D eigenvalue weighted by atomic mass is 35.5. The first kappa shape index (κ1) is 28.4. The highest BCUT2D eigenvalue weighted by Crippen LogP contribution is 2.42. The standard InChI is InChI=1S/C27H30Cl2FN5O5/c1-15-5-3-4-8-32(12-15)25-21(30)9-19-24(23(25)29)34(17-6-7-17)14-20(26(19)36)27(37)40-18(10-28)13-33-16(2)31-11-22(33)35(38)39/h9,11,14-15,17-18H,3-8,10,12-13H2,1-2H3/t15-,18?/m0/s1. The summed E-state index contributed by atoms with van der Waals surface area (Å²) in [6.07, 6.45) is 6.23. The molecular weight excluding hydrogens is 564 g/mol. The molecule has 5 rings (SSSR count). The summed E-state index contributed by atoms with van der Waals surface area (Å²) in [6.45, 7) is 4.91. The molecular formula is C27H30Cl2FN5O5. The van der Waals surface area contributed by atoms with Crippen LogP contribution in [-0.2, 0) is 11.3 Å². The van der Waals surface area contributed by atoms with Crippen molar-refractivity contribution < 1.29 is 18.8 Å². The number of pyridine rings is 1. The molecule has 10 nitrogen and oxygen atoms in total. The predicted octanol–water partition coefficient (Wildman–Crippen LogP) is 5.63. The van der Waals surface area contributed by atoms with E-state index in [9.17, 15) is 19.7 Å². The normalized spacial score (nSPS) is 18.5. The van der Waals surface area contributed by atoms with Gasteiger partial charge in [-0.15, -0.1) is 11.6 Å². The van der Waals surface area contributed by atoms with Crippen molar-refractivity contribution in [2.45, 2.75) is 64.6 Å². The summed E-state index contributed by atoms with van der Waals surface area (Å²) in [5, 5.41) is 11.5. The van der Waals surface area contributed by atoms with E-state index in [4.69, 9.17) is 27.9 Å². The van der Waals surface area contributed by atoms with Gasteiger partial charge in [0.15, 0.2) is 11.9 Å². The Morgan fingerprint density at radius 1 is 1.32 bits per heavy atom. The summed E-state index contributed by atoms with van der Waals surface area (Å²) >= 11 is 12.9. The quantitative estimate of drug-likeness (QED) is 0.144. The number of hydrogen-bond acceptors (Lipinski definition) is 7. The molecule has 0 N–H and O–H groups in total. The number of nitrogens with zero attached hydrogens (tertiary/aromatic N) is 5. The Bertz CT molecular complexity index is 1540. The molecule has 1 saturated carbocycles. The average Bonchev–Trinajstić information content (AvgIpc) is 3.71. The Morgan fingerprint density at radius 2 is 2.08 bits per heavy atom. The van der Waals surface area contributed by atoms with Crippen LogP contribution in [0.5, 0.6) is 0 Å². The first-order valence-electron chi connectivity index (χ1n) is 13.4. The minimum Gasteiger partial charge on any atom is -0.453 e. The van der Waals surface area contributed by atoms with E-state index >= 15 is 4.39 Å². The van der Waals surface area contributed by atoms with E-state index in [0.717, 1.165) is 38.3 Å². The summed E-state index contributed by atoms with van der Waals surface area (Å²) in [5.41, 5.74) is -0.298. The van der Waals surface area contributed by atoms with Crippen molar-refractivity contribution >= 4 is 51.6 Å². The largest absolute Gasteiger partial charge is 0.453 e. The number of hydrogen-bond donors (Lipinski definition) is 0. The van der Waals surface area contributed by atoms with Crippen molar-refractivity contribution in [3.05, 3.63) is 61.0 Å². The maximum Gasteiger partial charge on any atom is 0.344 e. The van der Waals surface area contributed by atoms with Crippen molar-refractivity contribution in [3.8, 4) is 0 Å². The lowest BCUT2D eigenvalue weighted by Crippen LogP contribution is -2.30. The number of alkyl halides is 1. The number of aromatic nitrogens is 3. The Kier molecular flexibility index (Phi) is 8.05. The molecule has 2 fully saturated rings. The molecule has 0 amide bonds. The number of aryl methyl sites for hydroxylation is 1. The van der Waals surface area contributed by atoms with Gasteiger partial charge in [0.05, 0.1) is 27.5 Å². The number of halogens is 3. The minimum absolute atomic E-state index is 0.000939. The van der Waals surface area contributed by atoms with Gasteiger partial charge in [-0.2, -0.15) is 0 Å². The second kappa shape index (κ2) is 11.4. The molecule has 1 aliphatic heterocycles. The number of anilines is 1.